The average Bonchev–Trinajstić information content (AvgIpc) is 3.16. The monoisotopic (exact) mass is 370 g/mol. The fourth-order valence-electron chi connectivity index (χ4n) is 3.68. The van der Waals surface area contributed by atoms with Crippen LogP contribution >= 0.6 is 0 Å². The van der Waals surface area contributed by atoms with Crippen molar-refractivity contribution >= 4 is 5.91 Å². The maximum absolute atomic E-state index is 13.1. The zero-order valence-electron chi connectivity index (χ0n) is 15.2. The van der Waals surface area contributed by atoms with Gasteiger partial charge in [0.2, 0.25) is 6.79 Å². The van der Waals surface area contributed by atoms with Crippen molar-refractivity contribution in [2.75, 3.05) is 26.5 Å². The smallest absolute Gasteiger partial charge is 0.268 e. The van der Waals surface area contributed by atoms with Gasteiger partial charge in [-0.25, -0.2) is 0 Å². The van der Waals surface area contributed by atoms with E-state index in [1.54, 1.807) is 42.3 Å². The average molecular weight is 370 g/mol. The number of benzene rings is 1. The van der Waals surface area contributed by atoms with Crippen LogP contribution in [-0.4, -0.2) is 47.0 Å². The van der Waals surface area contributed by atoms with Crippen molar-refractivity contribution in [1.29, 1.82) is 0 Å². The molecular weight excluding hydrogens is 348 g/mol. The molecule has 1 fully saturated rings. The Labute approximate surface area is 156 Å². The minimum absolute atomic E-state index is 0.0545. The van der Waals surface area contributed by atoms with Crippen LogP contribution in [0.4, 0.5) is 0 Å². The van der Waals surface area contributed by atoms with Gasteiger partial charge in [-0.05, 0) is 49.4 Å². The molecule has 1 aromatic heterocycles. The first kappa shape index (κ1) is 17.6. The van der Waals surface area contributed by atoms with Crippen LogP contribution in [0.25, 0.3) is 5.69 Å². The maximum atomic E-state index is 13.1. The summed E-state index contributed by atoms with van der Waals surface area (Å²) in [7, 11) is 0. The van der Waals surface area contributed by atoms with Crippen molar-refractivity contribution in [3.63, 3.8) is 0 Å². The summed E-state index contributed by atoms with van der Waals surface area (Å²) in [5, 5.41) is 9.41. The SMILES string of the molecule is Cc1ccn(-c2ccc3c(c2)OCO3)c(=O)c1C(=O)N1CCCC(CO)C1. The van der Waals surface area contributed by atoms with Crippen molar-refractivity contribution in [3.8, 4) is 17.2 Å². The number of pyridine rings is 1. The Morgan fingerprint density at radius 1 is 1.26 bits per heavy atom. The van der Waals surface area contributed by atoms with Gasteiger partial charge in [0.1, 0.15) is 5.56 Å². The minimum atomic E-state index is -0.356. The van der Waals surface area contributed by atoms with Gasteiger partial charge in [0, 0.05) is 32.0 Å². The number of aromatic nitrogens is 1. The summed E-state index contributed by atoms with van der Waals surface area (Å²) in [6, 6.07) is 7.02. The van der Waals surface area contributed by atoms with Crippen LogP contribution in [0.3, 0.4) is 0 Å². The van der Waals surface area contributed by atoms with Crippen LogP contribution < -0.4 is 15.0 Å². The molecule has 0 bridgehead atoms. The fraction of sp³-hybridized carbons (Fsp3) is 0.400. The molecule has 1 N–H and O–H groups in total. The predicted octanol–water partition coefficient (Wildman–Crippen LogP) is 1.72. The van der Waals surface area contributed by atoms with E-state index in [1.165, 1.54) is 4.57 Å². The van der Waals surface area contributed by atoms with Gasteiger partial charge in [0.25, 0.3) is 11.5 Å². The lowest BCUT2D eigenvalue weighted by molar-refractivity contribution is 0.0618. The van der Waals surface area contributed by atoms with Crippen molar-refractivity contribution in [2.45, 2.75) is 19.8 Å². The molecule has 1 saturated heterocycles. The Hall–Kier alpha value is -2.80. The highest BCUT2D eigenvalue weighted by Crippen LogP contribution is 2.33. The van der Waals surface area contributed by atoms with Crippen LogP contribution in [0.15, 0.2) is 35.3 Å². The molecule has 1 amide bonds. The van der Waals surface area contributed by atoms with E-state index in [4.69, 9.17) is 9.47 Å². The van der Waals surface area contributed by atoms with Crippen LogP contribution in [0.1, 0.15) is 28.8 Å². The Balaban J connectivity index is 1.71. The number of carbonyl (C=O) groups excluding carboxylic acids is 1. The zero-order chi connectivity index (χ0) is 19.0. The molecule has 1 unspecified atom stereocenters. The molecule has 1 aromatic carbocycles. The highest BCUT2D eigenvalue weighted by Gasteiger charge is 2.27. The van der Waals surface area contributed by atoms with Crippen molar-refractivity contribution < 1.29 is 19.4 Å². The molecular formula is C20H22N2O5. The number of nitrogens with zero attached hydrogens (tertiary/aromatic N) is 2. The third kappa shape index (κ3) is 3.19. The second-order valence-electron chi connectivity index (χ2n) is 7.03. The molecule has 2 aliphatic heterocycles. The molecule has 2 aliphatic rings. The molecule has 142 valence electrons. The third-order valence-electron chi connectivity index (χ3n) is 5.21. The number of amides is 1. The molecule has 2 aromatic rings. The molecule has 3 heterocycles. The van der Waals surface area contributed by atoms with Crippen molar-refractivity contribution in [2.24, 2.45) is 5.92 Å². The van der Waals surface area contributed by atoms with Gasteiger partial charge in [0.05, 0.1) is 5.69 Å². The van der Waals surface area contributed by atoms with E-state index >= 15 is 0 Å². The molecule has 1 atom stereocenters. The molecule has 4 rings (SSSR count). The first-order valence-electron chi connectivity index (χ1n) is 9.11. The number of aryl methyl sites for hydroxylation is 1. The normalized spacial score (nSPS) is 18.6. The lowest BCUT2D eigenvalue weighted by atomic mass is 9.98. The number of aliphatic hydroxyl groups excluding tert-OH is 1. The van der Waals surface area contributed by atoms with Gasteiger partial charge in [-0.3, -0.25) is 14.2 Å². The second-order valence-corrected chi connectivity index (χ2v) is 7.03. The Bertz CT molecular complexity index is 936. The number of fused-ring (bicyclic) bond motifs is 1. The first-order valence-corrected chi connectivity index (χ1v) is 9.11. The largest absolute Gasteiger partial charge is 0.454 e. The lowest BCUT2D eigenvalue weighted by Gasteiger charge is -2.32. The number of likely N-dealkylation sites (tertiary alicyclic amines) is 1. The van der Waals surface area contributed by atoms with E-state index in [1.807, 2.05) is 0 Å². The Morgan fingerprint density at radius 2 is 2.07 bits per heavy atom. The van der Waals surface area contributed by atoms with Crippen molar-refractivity contribution in [1.82, 2.24) is 9.47 Å². The number of aliphatic hydroxyl groups is 1. The number of carbonyl (C=O) groups is 1. The van der Waals surface area contributed by atoms with E-state index in [-0.39, 0.29) is 36.3 Å². The van der Waals surface area contributed by atoms with Gasteiger partial charge < -0.3 is 19.5 Å². The molecule has 0 radical (unpaired) electrons. The van der Waals surface area contributed by atoms with E-state index in [0.717, 1.165) is 12.8 Å². The van der Waals surface area contributed by atoms with E-state index in [0.29, 0.717) is 35.8 Å². The summed E-state index contributed by atoms with van der Waals surface area (Å²) in [6.45, 7) is 3.07. The quantitative estimate of drug-likeness (QED) is 0.890. The summed E-state index contributed by atoms with van der Waals surface area (Å²) in [5.74, 6) is 1.02. The van der Waals surface area contributed by atoms with Gasteiger partial charge >= 0.3 is 0 Å². The highest BCUT2D eigenvalue weighted by molar-refractivity contribution is 5.95. The van der Waals surface area contributed by atoms with Crippen molar-refractivity contribution in [3.05, 3.63) is 51.9 Å². The summed E-state index contributed by atoms with van der Waals surface area (Å²) in [4.78, 5) is 27.9. The molecule has 7 heteroatoms. The topological polar surface area (TPSA) is 81.0 Å². The maximum Gasteiger partial charge on any atom is 0.268 e. The minimum Gasteiger partial charge on any atom is -0.454 e. The first-order chi connectivity index (χ1) is 13.1. The van der Waals surface area contributed by atoms with Crippen LogP contribution in [0.2, 0.25) is 0 Å². The van der Waals surface area contributed by atoms with E-state index < -0.39 is 0 Å². The fourth-order valence-corrected chi connectivity index (χ4v) is 3.68. The van der Waals surface area contributed by atoms with Crippen LogP contribution in [0, 0.1) is 12.8 Å². The van der Waals surface area contributed by atoms with Gasteiger partial charge in [-0.2, -0.15) is 0 Å². The van der Waals surface area contributed by atoms with Crippen LogP contribution in [-0.2, 0) is 0 Å². The summed E-state index contributed by atoms with van der Waals surface area (Å²) in [6.07, 6.45) is 3.40. The molecule has 0 saturated carbocycles. The van der Waals surface area contributed by atoms with Gasteiger partial charge in [-0.15, -0.1) is 0 Å². The summed E-state index contributed by atoms with van der Waals surface area (Å²) < 4.78 is 12.1. The Morgan fingerprint density at radius 3 is 2.89 bits per heavy atom. The molecule has 0 spiro atoms. The number of rotatable bonds is 3. The van der Waals surface area contributed by atoms with Gasteiger partial charge in [-0.1, -0.05) is 0 Å². The number of hydrogen-bond donors (Lipinski definition) is 1. The second kappa shape index (κ2) is 7.08. The zero-order valence-corrected chi connectivity index (χ0v) is 15.2. The molecule has 7 nitrogen and oxygen atoms in total. The molecule has 27 heavy (non-hydrogen) atoms. The van der Waals surface area contributed by atoms with Gasteiger partial charge in [0.15, 0.2) is 11.5 Å². The summed E-state index contributed by atoms with van der Waals surface area (Å²) >= 11 is 0. The number of hydrogen-bond acceptors (Lipinski definition) is 5. The lowest BCUT2D eigenvalue weighted by Crippen LogP contribution is -2.43. The predicted molar refractivity (Wildman–Crippen MR) is 98.6 cm³/mol. The van der Waals surface area contributed by atoms with Crippen LogP contribution in [0.5, 0.6) is 11.5 Å². The molecule has 0 aliphatic carbocycles. The number of ether oxygens (including phenoxy) is 2. The Kier molecular flexibility index (Phi) is 4.61. The number of piperidine rings is 1. The van der Waals surface area contributed by atoms with E-state index in [2.05, 4.69) is 0 Å². The standard InChI is InChI=1S/C20H22N2O5/c1-13-6-8-22(15-4-5-16-17(9-15)27-12-26-16)20(25)18(13)19(24)21-7-2-3-14(10-21)11-23/h4-6,8-9,14,23H,2-3,7,10-12H2,1H3. The highest BCUT2D eigenvalue weighted by atomic mass is 16.7. The summed E-state index contributed by atoms with van der Waals surface area (Å²) in [5.41, 5.74) is 1.08. The van der Waals surface area contributed by atoms with E-state index in [9.17, 15) is 14.7 Å². The third-order valence-corrected chi connectivity index (χ3v) is 5.21.